The monoisotopic (exact) mass is 1870 g/mol. The minimum Gasteiger partial charge on any atom is -0.507 e. The Balaban J connectivity index is 0.000000205. The van der Waals surface area contributed by atoms with Crippen LogP contribution in [0.4, 0.5) is 51.2 Å². The number of para-hydroxylation sites is 1. The van der Waals surface area contributed by atoms with Crippen molar-refractivity contribution in [2.24, 2.45) is 0 Å². The Morgan fingerprint density at radius 1 is 0.307 bits per heavy atom. The highest BCUT2D eigenvalue weighted by atomic mass is 16.5. The van der Waals surface area contributed by atoms with Gasteiger partial charge in [-0.2, -0.15) is 0 Å². The van der Waals surface area contributed by atoms with Gasteiger partial charge in [-0.25, -0.2) is 24.2 Å². The minimum atomic E-state index is -1.15. The Morgan fingerprint density at radius 2 is 0.642 bits per heavy atom. The fourth-order valence-corrected chi connectivity index (χ4v) is 12.1. The van der Waals surface area contributed by atoms with Gasteiger partial charge in [-0.15, -0.1) is 0 Å². The van der Waals surface area contributed by atoms with Crippen molar-refractivity contribution in [3.8, 4) is 63.4 Å². The van der Waals surface area contributed by atoms with Crippen LogP contribution in [0, 0.1) is 0 Å². The van der Waals surface area contributed by atoms with Crippen LogP contribution in [0.1, 0.15) is 201 Å². The fourth-order valence-electron chi connectivity index (χ4n) is 12.1. The first-order chi connectivity index (χ1) is 65.0. The van der Waals surface area contributed by atoms with Crippen molar-refractivity contribution in [2.45, 2.75) is 107 Å². The lowest BCUT2D eigenvalue weighted by atomic mass is 10.1. The first-order valence-corrected chi connectivity index (χ1v) is 41.9. The zero-order chi connectivity index (χ0) is 100. The molecule has 2 aromatic heterocycles. The fraction of sp³-hybridized carbons (Fsp3) is 0.172. The molecule has 0 aliphatic heterocycles. The molecule has 12 aromatic rings. The number of aromatic nitrogens is 2. The number of hydrogen-bond donors (Lipinski definition) is 18. The van der Waals surface area contributed by atoms with Gasteiger partial charge < -0.3 is 123 Å². The Hall–Kier alpha value is -18.3. The smallest absolute Gasteiger partial charge is 0.338 e. The maximum absolute atomic E-state index is 13.1. The van der Waals surface area contributed by atoms with Gasteiger partial charge in [-0.3, -0.25) is 43.3 Å². The first-order valence-electron chi connectivity index (χ1n) is 41.9. The molecular weight excluding hydrogens is 1780 g/mol. The molecule has 0 saturated carbocycles. The van der Waals surface area contributed by atoms with Gasteiger partial charge in [-0.05, 0) is 258 Å². The lowest BCUT2D eigenvalue weighted by molar-refractivity contribution is 0.0523. The van der Waals surface area contributed by atoms with E-state index in [2.05, 4.69) is 52.5 Å². The van der Waals surface area contributed by atoms with Gasteiger partial charge in [0.1, 0.15) is 80.1 Å². The average Bonchev–Trinajstić information content (AvgIpc) is 0.815. The summed E-state index contributed by atoms with van der Waals surface area (Å²) in [5, 5.41) is 109. The highest BCUT2D eigenvalue weighted by Gasteiger charge is 2.26. The lowest BCUT2D eigenvalue weighted by Gasteiger charge is -2.17. The SMILES string of the molecule is CC(C)Oc1cc(C(=O)O)ccc1NC(=O)c1ccc(NC(=O)c2c(O)cccc2O)cc1O.CC(C)Oc1cc(C(=O)O)ccc1NC(=O)c1ccc(NC(=O)c2ccccc2O)cc1O.CC(C)Oc1cc(C(=O)O)ccc1NC(=O)c1ccc(NC(=O)c2ccccn2)cc1O.CCOC(=O)c1ccc(NC(=O)c2ccc(NC(=O)c3ccc(N)cc3)c(OC(C)C)n2)c(OC(C)C)c1. The predicted octanol–water partition coefficient (Wildman–Crippen LogP) is 16.6. The van der Waals surface area contributed by atoms with Gasteiger partial charge in [0, 0.05) is 52.7 Å². The number of carboxylic acid groups (broad SMARTS) is 3. The number of phenols is 6. The third kappa shape index (κ3) is 29.4. The summed E-state index contributed by atoms with van der Waals surface area (Å²) in [7, 11) is 0. The number of rotatable bonds is 31. The molecule has 12 rings (SSSR count). The molecule has 0 unspecified atom stereocenters. The number of carbonyl (C=O) groups is 12. The molecule has 0 radical (unpaired) electrons. The van der Waals surface area contributed by atoms with Crippen molar-refractivity contribution < 1.29 is 132 Å². The highest BCUT2D eigenvalue weighted by Crippen LogP contribution is 2.37. The largest absolute Gasteiger partial charge is 0.507 e. The van der Waals surface area contributed by atoms with E-state index in [4.69, 9.17) is 34.2 Å². The molecule has 137 heavy (non-hydrogen) atoms. The number of nitrogens with one attached hydrogen (secondary N) is 8. The lowest BCUT2D eigenvalue weighted by Crippen LogP contribution is -2.19. The summed E-state index contributed by atoms with van der Waals surface area (Å²) in [6, 6.07) is 52.6. The average molecular weight is 1870 g/mol. The standard InChI is InChI=1S/C28H32N4O6.C24H22N2O8.C24H22N2O7.C23H21N3O6/c1-6-36-28(35)19-9-12-21(24(15-19)37-16(2)3)30-26(34)22-13-14-23(27(32-22)38-17(4)5)31-25(33)18-7-10-20(29)11-8-18;1-12(2)34-20-10-13(24(32)33)6-9-16(20)26-22(30)15-8-7-14(11-19(15)29)25-23(31)21-17(27)4-3-5-18(21)28;1-13(2)33-21-11-14(24(31)32)7-10-18(21)26-23(30)17-9-8-15(12-20(17)28)25-22(29)16-5-3-4-6-19(16)27;1-13(2)32-20-11-14(23(30)31)6-9-17(20)26-21(28)16-8-7-15(12-19(16)27)25-22(29)18-5-3-4-10-24-18/h7-17H,6,29H2,1-5H3,(H,30,34)(H,31,33);3-12,27-29H,1-2H3,(H,25,31)(H,26,30)(H,32,33);3-13,27-28H,1-2H3,(H,25,29)(H,26,30)(H,31,32);3-13,27H,1-2H3,(H,25,29)(H,26,28)(H,30,31). The van der Waals surface area contributed by atoms with E-state index in [1.165, 1.54) is 158 Å². The number of esters is 1. The van der Waals surface area contributed by atoms with E-state index in [1.54, 1.807) is 129 Å². The van der Waals surface area contributed by atoms with Crippen molar-refractivity contribution in [3.05, 3.63) is 298 Å². The number of carboxylic acids is 3. The summed E-state index contributed by atoms with van der Waals surface area (Å²) < 4.78 is 33.5. The summed E-state index contributed by atoms with van der Waals surface area (Å²) in [6.45, 7) is 19.8. The number of aromatic carboxylic acids is 3. The molecule has 2 heterocycles. The van der Waals surface area contributed by atoms with Gasteiger partial charge in [0.05, 0.1) is 104 Å². The molecule has 0 bridgehead atoms. The number of nitrogens with two attached hydrogens (primary N) is 1. The quantitative estimate of drug-likeness (QED) is 0.0142. The summed E-state index contributed by atoms with van der Waals surface area (Å²) in [5.74, 6) is -10.0. The normalized spacial score (nSPS) is 10.6. The van der Waals surface area contributed by atoms with E-state index in [-0.39, 0.29) is 168 Å². The van der Waals surface area contributed by atoms with E-state index < -0.39 is 88.2 Å². The van der Waals surface area contributed by atoms with Crippen molar-refractivity contribution >= 4 is 122 Å². The van der Waals surface area contributed by atoms with Gasteiger partial charge in [-0.1, -0.05) is 24.3 Å². The van der Waals surface area contributed by atoms with Gasteiger partial charge in [0.25, 0.3) is 47.3 Å². The Kier molecular flexibility index (Phi) is 35.6. The second-order valence-electron chi connectivity index (χ2n) is 30.7. The third-order valence-corrected chi connectivity index (χ3v) is 18.3. The number of phenolic OH excluding ortho intramolecular Hbond substituents is 6. The Morgan fingerprint density at radius 3 is 1.03 bits per heavy atom. The number of nitrogen functional groups attached to an aromatic ring is 1. The van der Waals surface area contributed by atoms with Crippen molar-refractivity contribution in [2.75, 3.05) is 54.9 Å². The first kappa shape index (κ1) is 102. The van der Waals surface area contributed by atoms with E-state index in [1.807, 2.05) is 13.8 Å². The minimum absolute atomic E-state index is 0.00366. The number of carbonyl (C=O) groups excluding carboxylic acids is 9. The second-order valence-corrected chi connectivity index (χ2v) is 30.7. The molecular formula is C99H97N11O27. The van der Waals surface area contributed by atoms with Crippen molar-refractivity contribution in [1.29, 1.82) is 0 Å². The molecule has 0 saturated heterocycles. The number of benzene rings is 10. The van der Waals surface area contributed by atoms with E-state index in [9.17, 15) is 103 Å². The maximum atomic E-state index is 13.1. The zero-order valence-electron chi connectivity index (χ0n) is 75.4. The maximum Gasteiger partial charge on any atom is 0.338 e. The molecule has 10 aromatic carbocycles. The van der Waals surface area contributed by atoms with Crippen LogP contribution >= 0.6 is 0 Å². The molecule has 0 fully saturated rings. The molecule has 0 aliphatic carbocycles. The number of pyridine rings is 2. The van der Waals surface area contributed by atoms with Gasteiger partial charge >= 0.3 is 23.9 Å². The summed E-state index contributed by atoms with van der Waals surface area (Å²) >= 11 is 0. The van der Waals surface area contributed by atoms with Gasteiger partial charge in [0.15, 0.2) is 0 Å². The van der Waals surface area contributed by atoms with Crippen LogP contribution in [0.5, 0.6) is 63.4 Å². The second kappa shape index (κ2) is 47.5. The van der Waals surface area contributed by atoms with Crippen LogP contribution in [0.3, 0.4) is 0 Å². The topological polar surface area (TPSA) is 590 Å². The van der Waals surface area contributed by atoms with Crippen LogP contribution in [0.15, 0.2) is 231 Å². The van der Waals surface area contributed by atoms with Crippen LogP contribution < -0.4 is 72.0 Å². The van der Waals surface area contributed by atoms with Crippen LogP contribution in [-0.2, 0) is 4.74 Å². The predicted molar refractivity (Wildman–Crippen MR) is 507 cm³/mol. The molecule has 0 spiro atoms. The Bertz CT molecular complexity index is 6490. The number of hydrogen-bond acceptors (Lipinski definition) is 27. The van der Waals surface area contributed by atoms with E-state index >= 15 is 0 Å². The molecule has 710 valence electrons. The highest BCUT2D eigenvalue weighted by molar-refractivity contribution is 6.13. The summed E-state index contributed by atoms with van der Waals surface area (Å²) in [6.07, 6.45) is 0.181. The Labute approximate surface area is 783 Å². The van der Waals surface area contributed by atoms with Crippen LogP contribution in [0.2, 0.25) is 0 Å². The van der Waals surface area contributed by atoms with E-state index in [0.717, 1.165) is 6.07 Å². The number of aromatic hydroxyl groups is 6. The molecule has 38 heteroatoms. The third-order valence-electron chi connectivity index (χ3n) is 18.3. The van der Waals surface area contributed by atoms with Crippen molar-refractivity contribution in [3.63, 3.8) is 0 Å². The number of nitrogens with zero attached hydrogens (tertiary/aromatic N) is 2. The van der Waals surface area contributed by atoms with Crippen LogP contribution in [0.25, 0.3) is 0 Å². The zero-order valence-corrected chi connectivity index (χ0v) is 75.4. The number of amides is 8. The molecule has 19 N–H and O–H groups in total. The van der Waals surface area contributed by atoms with E-state index in [0.29, 0.717) is 33.9 Å². The number of anilines is 9. The molecule has 0 aliphatic rings. The molecule has 38 nitrogen and oxygen atoms in total. The summed E-state index contributed by atoms with van der Waals surface area (Å²) in [5.41, 5.74) is 8.60. The van der Waals surface area contributed by atoms with Crippen LogP contribution in [-0.4, -0.2) is 164 Å². The van der Waals surface area contributed by atoms with Gasteiger partial charge in [0.2, 0.25) is 5.88 Å². The summed E-state index contributed by atoms with van der Waals surface area (Å²) in [4.78, 5) is 155. The molecule has 0 atom stereocenters. The number of ether oxygens (including phenoxy) is 6. The van der Waals surface area contributed by atoms with Crippen molar-refractivity contribution in [1.82, 2.24) is 9.97 Å². The molecule has 8 amide bonds.